The molecular formula is C11H12FN3O2. The van der Waals surface area contributed by atoms with Crippen LogP contribution in [0.4, 0.5) is 15.8 Å². The predicted octanol–water partition coefficient (Wildman–Crippen LogP) is 0.625. The second-order valence-corrected chi connectivity index (χ2v) is 3.89. The van der Waals surface area contributed by atoms with Crippen molar-refractivity contribution < 1.29 is 14.0 Å². The number of nitrogens with two attached hydrogens (primary N) is 1. The number of nitrogen functional groups attached to an aromatic ring is 1. The van der Waals surface area contributed by atoms with E-state index in [1.54, 1.807) is 0 Å². The molecule has 0 aromatic heterocycles. The molecule has 0 spiro atoms. The molecule has 0 aliphatic carbocycles. The van der Waals surface area contributed by atoms with Crippen LogP contribution in [0.25, 0.3) is 0 Å². The molecule has 4 N–H and O–H groups in total. The summed E-state index contributed by atoms with van der Waals surface area (Å²) in [7, 11) is 0. The highest BCUT2D eigenvalue weighted by molar-refractivity contribution is 5.99. The zero-order chi connectivity index (χ0) is 12.4. The summed E-state index contributed by atoms with van der Waals surface area (Å²) in [6.45, 7) is 0. The monoisotopic (exact) mass is 237 g/mol. The lowest BCUT2D eigenvalue weighted by molar-refractivity contribution is -0.122. The van der Waals surface area contributed by atoms with Gasteiger partial charge in [-0.05, 0) is 24.6 Å². The Bertz CT molecular complexity index is 476. The van der Waals surface area contributed by atoms with Gasteiger partial charge in [0.05, 0.1) is 5.69 Å². The Kier molecular flexibility index (Phi) is 2.95. The topological polar surface area (TPSA) is 84.2 Å². The number of amides is 2. The number of benzene rings is 1. The Labute approximate surface area is 97.2 Å². The van der Waals surface area contributed by atoms with Gasteiger partial charge in [-0.2, -0.15) is 0 Å². The molecule has 1 heterocycles. The first-order chi connectivity index (χ1) is 8.06. The Morgan fingerprint density at radius 2 is 2.29 bits per heavy atom. The van der Waals surface area contributed by atoms with E-state index in [2.05, 4.69) is 10.6 Å². The molecule has 1 aliphatic heterocycles. The zero-order valence-corrected chi connectivity index (χ0v) is 9.00. The second-order valence-electron chi connectivity index (χ2n) is 3.89. The van der Waals surface area contributed by atoms with E-state index in [0.717, 1.165) is 0 Å². The maximum absolute atomic E-state index is 13.3. The van der Waals surface area contributed by atoms with Crippen molar-refractivity contribution in [2.45, 2.75) is 18.9 Å². The van der Waals surface area contributed by atoms with Crippen LogP contribution in [0.2, 0.25) is 0 Å². The molecule has 1 aromatic rings. The third-order valence-electron chi connectivity index (χ3n) is 2.56. The smallest absolute Gasteiger partial charge is 0.247 e. The van der Waals surface area contributed by atoms with E-state index in [-0.39, 0.29) is 11.6 Å². The number of hydrogen-bond acceptors (Lipinski definition) is 3. The van der Waals surface area contributed by atoms with Crippen LogP contribution < -0.4 is 16.4 Å². The van der Waals surface area contributed by atoms with Gasteiger partial charge in [-0.15, -0.1) is 0 Å². The summed E-state index contributed by atoms with van der Waals surface area (Å²) in [5, 5.41) is 4.91. The fraction of sp³-hybridized carbons (Fsp3) is 0.273. The maximum Gasteiger partial charge on any atom is 0.247 e. The lowest BCUT2D eigenvalue weighted by Crippen LogP contribution is -2.37. The molecule has 17 heavy (non-hydrogen) atoms. The molecule has 1 aromatic carbocycles. The van der Waals surface area contributed by atoms with E-state index >= 15 is 0 Å². The van der Waals surface area contributed by atoms with Gasteiger partial charge < -0.3 is 16.4 Å². The Balaban J connectivity index is 2.07. The molecule has 5 nitrogen and oxygen atoms in total. The maximum atomic E-state index is 13.3. The average molecular weight is 237 g/mol. The number of carbonyl (C=O) groups is 2. The van der Waals surface area contributed by atoms with Gasteiger partial charge >= 0.3 is 0 Å². The van der Waals surface area contributed by atoms with Crippen molar-refractivity contribution in [1.82, 2.24) is 5.32 Å². The number of anilines is 2. The molecular weight excluding hydrogens is 225 g/mol. The average Bonchev–Trinajstić information content (AvgIpc) is 2.70. The number of halogens is 1. The van der Waals surface area contributed by atoms with E-state index in [1.807, 2.05) is 0 Å². The molecule has 0 bridgehead atoms. The third-order valence-corrected chi connectivity index (χ3v) is 2.56. The minimum absolute atomic E-state index is 0.0242. The summed E-state index contributed by atoms with van der Waals surface area (Å²) in [6, 6.07) is 3.33. The van der Waals surface area contributed by atoms with Gasteiger partial charge in [0, 0.05) is 12.1 Å². The zero-order valence-electron chi connectivity index (χ0n) is 9.00. The van der Waals surface area contributed by atoms with Crippen LogP contribution in [0.5, 0.6) is 0 Å². The van der Waals surface area contributed by atoms with Crippen molar-refractivity contribution in [2.75, 3.05) is 11.1 Å². The van der Waals surface area contributed by atoms with Gasteiger partial charge in [0.2, 0.25) is 11.8 Å². The second kappa shape index (κ2) is 4.40. The van der Waals surface area contributed by atoms with E-state index < -0.39 is 17.8 Å². The lowest BCUT2D eigenvalue weighted by Gasteiger charge is -2.11. The number of nitrogens with one attached hydrogen (secondary N) is 2. The molecule has 0 radical (unpaired) electrons. The molecule has 0 unspecified atom stereocenters. The molecule has 0 saturated carbocycles. The molecule has 1 atom stereocenters. The van der Waals surface area contributed by atoms with E-state index in [4.69, 9.17) is 5.73 Å². The van der Waals surface area contributed by atoms with Gasteiger partial charge in [-0.25, -0.2) is 4.39 Å². The van der Waals surface area contributed by atoms with E-state index in [9.17, 15) is 14.0 Å². The van der Waals surface area contributed by atoms with Gasteiger partial charge in [-0.1, -0.05) is 0 Å². The lowest BCUT2D eigenvalue weighted by atomic mass is 10.2. The van der Waals surface area contributed by atoms with E-state index in [1.165, 1.54) is 18.2 Å². The SMILES string of the molecule is Nc1ccc(F)c(NC(=O)[C@H]2CCC(=O)N2)c1. The number of carbonyl (C=O) groups excluding carboxylic acids is 2. The first kappa shape index (κ1) is 11.4. The Hall–Kier alpha value is -2.11. The van der Waals surface area contributed by atoms with Crippen molar-refractivity contribution in [3.05, 3.63) is 24.0 Å². The van der Waals surface area contributed by atoms with Gasteiger partial charge in [-0.3, -0.25) is 9.59 Å². The summed E-state index contributed by atoms with van der Waals surface area (Å²) in [5.74, 6) is -1.16. The Morgan fingerprint density at radius 1 is 1.53 bits per heavy atom. The highest BCUT2D eigenvalue weighted by atomic mass is 19.1. The van der Waals surface area contributed by atoms with Crippen molar-refractivity contribution in [3.8, 4) is 0 Å². The summed E-state index contributed by atoms with van der Waals surface area (Å²) in [4.78, 5) is 22.6. The summed E-state index contributed by atoms with van der Waals surface area (Å²) < 4.78 is 13.3. The van der Waals surface area contributed by atoms with Gasteiger partial charge in [0.1, 0.15) is 11.9 Å². The molecule has 1 fully saturated rings. The highest BCUT2D eigenvalue weighted by Gasteiger charge is 2.27. The summed E-state index contributed by atoms with van der Waals surface area (Å²) >= 11 is 0. The van der Waals surface area contributed by atoms with Crippen LogP contribution in [0.15, 0.2) is 18.2 Å². The predicted molar refractivity (Wildman–Crippen MR) is 60.6 cm³/mol. The third kappa shape index (κ3) is 2.52. The first-order valence-electron chi connectivity index (χ1n) is 5.21. The minimum atomic E-state index is -0.594. The van der Waals surface area contributed by atoms with Gasteiger partial charge in [0.25, 0.3) is 0 Å². The van der Waals surface area contributed by atoms with Gasteiger partial charge in [0.15, 0.2) is 0 Å². The largest absolute Gasteiger partial charge is 0.399 e. The van der Waals surface area contributed by atoms with Crippen LogP contribution in [-0.2, 0) is 9.59 Å². The van der Waals surface area contributed by atoms with Crippen LogP contribution in [0.1, 0.15) is 12.8 Å². The van der Waals surface area contributed by atoms with Crippen LogP contribution in [-0.4, -0.2) is 17.9 Å². The van der Waals surface area contributed by atoms with Crippen molar-refractivity contribution >= 4 is 23.2 Å². The summed E-state index contributed by atoms with van der Waals surface area (Å²) in [6.07, 6.45) is 0.742. The summed E-state index contributed by atoms with van der Waals surface area (Å²) in [5.41, 5.74) is 5.87. The molecule has 1 aliphatic rings. The van der Waals surface area contributed by atoms with Crippen molar-refractivity contribution in [3.63, 3.8) is 0 Å². The van der Waals surface area contributed by atoms with E-state index in [0.29, 0.717) is 18.5 Å². The quantitative estimate of drug-likeness (QED) is 0.659. The number of hydrogen-bond donors (Lipinski definition) is 3. The molecule has 90 valence electrons. The fourth-order valence-electron chi connectivity index (χ4n) is 1.67. The minimum Gasteiger partial charge on any atom is -0.399 e. The number of rotatable bonds is 2. The molecule has 2 rings (SSSR count). The first-order valence-corrected chi connectivity index (χ1v) is 5.21. The fourth-order valence-corrected chi connectivity index (χ4v) is 1.67. The Morgan fingerprint density at radius 3 is 2.94 bits per heavy atom. The highest BCUT2D eigenvalue weighted by Crippen LogP contribution is 2.18. The standard InChI is InChI=1S/C11H12FN3O2/c12-7-2-1-6(13)5-9(7)15-11(17)8-3-4-10(16)14-8/h1-2,5,8H,3-4,13H2,(H,14,16)(H,15,17)/t8-/m1/s1. The normalized spacial score (nSPS) is 18.9. The molecule has 6 heteroatoms. The van der Waals surface area contributed by atoms with Crippen LogP contribution in [0, 0.1) is 5.82 Å². The van der Waals surface area contributed by atoms with Crippen molar-refractivity contribution in [1.29, 1.82) is 0 Å². The van der Waals surface area contributed by atoms with Crippen LogP contribution >= 0.6 is 0 Å². The molecule has 2 amide bonds. The van der Waals surface area contributed by atoms with Crippen LogP contribution in [0.3, 0.4) is 0 Å². The van der Waals surface area contributed by atoms with Crippen molar-refractivity contribution in [2.24, 2.45) is 0 Å². The molecule has 1 saturated heterocycles.